The molecule has 1 aliphatic carbocycles. The van der Waals surface area contributed by atoms with Gasteiger partial charge in [0.15, 0.2) is 5.16 Å². The van der Waals surface area contributed by atoms with Gasteiger partial charge in [0.2, 0.25) is 5.91 Å². The fourth-order valence-corrected chi connectivity index (χ4v) is 6.13. The molecule has 170 valence electrons. The van der Waals surface area contributed by atoms with Crippen LogP contribution in [0.15, 0.2) is 57.0 Å². The monoisotopic (exact) mass is 481 g/mol. The highest BCUT2D eigenvalue weighted by Crippen LogP contribution is 2.35. The molecular weight excluding hydrogens is 458 g/mol. The Labute approximate surface area is 198 Å². The zero-order valence-electron chi connectivity index (χ0n) is 18.1. The molecule has 1 N–H and O–H groups in total. The van der Waals surface area contributed by atoms with E-state index in [-0.39, 0.29) is 23.8 Å². The molecule has 1 aliphatic rings. The lowest BCUT2D eigenvalue weighted by Gasteiger charge is -2.13. The van der Waals surface area contributed by atoms with Gasteiger partial charge in [-0.15, -0.1) is 11.3 Å². The molecule has 0 radical (unpaired) electrons. The van der Waals surface area contributed by atoms with Crippen LogP contribution in [0.4, 0.5) is 5.69 Å². The van der Waals surface area contributed by atoms with E-state index in [4.69, 9.17) is 14.1 Å². The summed E-state index contributed by atoms with van der Waals surface area (Å²) in [5, 5.41) is 4.12. The van der Waals surface area contributed by atoms with Crippen LogP contribution >= 0.6 is 23.1 Å². The molecule has 0 aliphatic heterocycles. The number of aromatic nitrogens is 2. The van der Waals surface area contributed by atoms with Crippen molar-refractivity contribution in [3.8, 4) is 5.75 Å². The number of hydrogen-bond acceptors (Lipinski definition) is 7. The molecule has 0 fully saturated rings. The minimum atomic E-state index is -0.172. The van der Waals surface area contributed by atoms with Gasteiger partial charge in [-0.05, 0) is 67.6 Å². The zero-order chi connectivity index (χ0) is 22.8. The number of fused-ring (bicyclic) bond motifs is 3. The summed E-state index contributed by atoms with van der Waals surface area (Å²) >= 11 is 2.87. The summed E-state index contributed by atoms with van der Waals surface area (Å²) in [4.78, 5) is 33.0. The number of hydrogen-bond donors (Lipinski definition) is 1. The molecule has 9 heteroatoms. The number of rotatable bonds is 7. The van der Waals surface area contributed by atoms with Gasteiger partial charge in [-0.3, -0.25) is 14.2 Å². The third-order valence-electron chi connectivity index (χ3n) is 5.64. The Morgan fingerprint density at radius 1 is 1.24 bits per heavy atom. The predicted octanol–water partition coefficient (Wildman–Crippen LogP) is 4.72. The van der Waals surface area contributed by atoms with E-state index < -0.39 is 0 Å². The number of anilines is 1. The van der Waals surface area contributed by atoms with Gasteiger partial charge < -0.3 is 14.5 Å². The quantitative estimate of drug-likeness (QED) is 0.304. The lowest BCUT2D eigenvalue weighted by atomic mass is 9.97. The first-order valence-electron chi connectivity index (χ1n) is 10.8. The number of ether oxygens (including phenoxy) is 1. The molecule has 3 heterocycles. The second kappa shape index (κ2) is 9.44. The summed E-state index contributed by atoms with van der Waals surface area (Å²) in [5.74, 6) is 1.36. The van der Waals surface area contributed by atoms with E-state index in [1.165, 1.54) is 16.6 Å². The molecule has 0 saturated heterocycles. The zero-order valence-corrected chi connectivity index (χ0v) is 19.8. The van der Waals surface area contributed by atoms with Gasteiger partial charge in [0.25, 0.3) is 5.56 Å². The maximum absolute atomic E-state index is 13.6. The topological polar surface area (TPSA) is 86.4 Å². The number of furan rings is 1. The van der Waals surface area contributed by atoms with Crippen molar-refractivity contribution < 1.29 is 13.9 Å². The second-order valence-electron chi connectivity index (χ2n) is 7.82. The van der Waals surface area contributed by atoms with Crippen molar-refractivity contribution in [1.29, 1.82) is 0 Å². The van der Waals surface area contributed by atoms with Gasteiger partial charge in [-0.25, -0.2) is 4.98 Å². The van der Waals surface area contributed by atoms with Crippen LogP contribution in [0.5, 0.6) is 5.75 Å². The smallest absolute Gasteiger partial charge is 0.263 e. The van der Waals surface area contributed by atoms with E-state index in [0.717, 1.165) is 47.2 Å². The number of aryl methyl sites for hydroxylation is 2. The van der Waals surface area contributed by atoms with Crippen molar-refractivity contribution in [1.82, 2.24) is 9.55 Å². The molecule has 0 saturated carbocycles. The van der Waals surface area contributed by atoms with E-state index >= 15 is 0 Å². The summed E-state index contributed by atoms with van der Waals surface area (Å²) in [6, 6.07) is 10.8. The molecule has 0 atom stereocenters. The van der Waals surface area contributed by atoms with Crippen LogP contribution < -0.4 is 15.6 Å². The average Bonchev–Trinajstić information content (AvgIpc) is 3.47. The van der Waals surface area contributed by atoms with Crippen LogP contribution in [0.2, 0.25) is 0 Å². The lowest BCUT2D eigenvalue weighted by Crippen LogP contribution is -2.25. The predicted molar refractivity (Wildman–Crippen MR) is 131 cm³/mol. The van der Waals surface area contributed by atoms with Crippen molar-refractivity contribution in [3.05, 3.63) is 69.2 Å². The minimum absolute atomic E-state index is 0.0612. The van der Waals surface area contributed by atoms with E-state index in [0.29, 0.717) is 16.6 Å². The molecule has 5 rings (SSSR count). The van der Waals surface area contributed by atoms with Gasteiger partial charge in [0.05, 0.1) is 31.1 Å². The van der Waals surface area contributed by atoms with Crippen molar-refractivity contribution in [3.63, 3.8) is 0 Å². The molecular formula is C24H23N3O4S2. The Morgan fingerprint density at radius 2 is 2.06 bits per heavy atom. The number of benzene rings is 1. The van der Waals surface area contributed by atoms with Crippen LogP contribution in [-0.2, 0) is 24.2 Å². The number of carbonyl (C=O) groups excluding carboxylic acids is 1. The van der Waals surface area contributed by atoms with Crippen LogP contribution in [0, 0.1) is 0 Å². The second-order valence-corrected chi connectivity index (χ2v) is 9.85. The van der Waals surface area contributed by atoms with Gasteiger partial charge in [-0.1, -0.05) is 11.8 Å². The SMILES string of the molecule is COc1ccc(NC(=O)CSc2nc3sc4c(c3c(=O)n2Cc2ccco2)CCCC4)cc1. The van der Waals surface area contributed by atoms with Crippen molar-refractivity contribution in [2.75, 3.05) is 18.2 Å². The number of nitrogens with one attached hydrogen (secondary N) is 1. The molecule has 0 unspecified atom stereocenters. The van der Waals surface area contributed by atoms with Crippen molar-refractivity contribution >= 4 is 44.9 Å². The number of thioether (sulfide) groups is 1. The molecule has 1 amide bonds. The number of carbonyl (C=O) groups is 1. The Bertz CT molecular complexity index is 1340. The first-order valence-corrected chi connectivity index (χ1v) is 12.6. The fourth-order valence-electron chi connectivity index (χ4n) is 4.03. The Hall–Kier alpha value is -3.04. The highest BCUT2D eigenvalue weighted by Gasteiger charge is 2.23. The van der Waals surface area contributed by atoms with E-state index in [2.05, 4.69) is 5.32 Å². The normalized spacial score (nSPS) is 13.1. The molecule has 7 nitrogen and oxygen atoms in total. The van der Waals surface area contributed by atoms with Crippen LogP contribution in [0.25, 0.3) is 10.2 Å². The van der Waals surface area contributed by atoms with Crippen LogP contribution in [0.1, 0.15) is 29.0 Å². The average molecular weight is 482 g/mol. The van der Waals surface area contributed by atoms with E-state index in [1.54, 1.807) is 59.6 Å². The summed E-state index contributed by atoms with van der Waals surface area (Å²) in [5.41, 5.74) is 1.78. The lowest BCUT2D eigenvalue weighted by molar-refractivity contribution is -0.113. The van der Waals surface area contributed by atoms with Gasteiger partial charge in [0.1, 0.15) is 16.3 Å². The fraction of sp³-hybridized carbons (Fsp3) is 0.292. The maximum Gasteiger partial charge on any atom is 0.263 e. The molecule has 0 bridgehead atoms. The maximum atomic E-state index is 13.6. The molecule has 4 aromatic rings. The van der Waals surface area contributed by atoms with Crippen LogP contribution in [-0.4, -0.2) is 28.3 Å². The molecule has 0 spiro atoms. The van der Waals surface area contributed by atoms with Crippen molar-refractivity contribution in [2.45, 2.75) is 37.4 Å². The number of amides is 1. The third kappa shape index (κ3) is 4.56. The Morgan fingerprint density at radius 3 is 2.82 bits per heavy atom. The Kier molecular flexibility index (Phi) is 6.24. The first-order chi connectivity index (χ1) is 16.1. The minimum Gasteiger partial charge on any atom is -0.497 e. The summed E-state index contributed by atoms with van der Waals surface area (Å²) < 4.78 is 12.3. The molecule has 1 aromatic carbocycles. The first kappa shape index (κ1) is 21.8. The third-order valence-corrected chi connectivity index (χ3v) is 7.80. The largest absolute Gasteiger partial charge is 0.497 e. The summed E-state index contributed by atoms with van der Waals surface area (Å²) in [6.45, 7) is 0.280. The summed E-state index contributed by atoms with van der Waals surface area (Å²) in [6.07, 6.45) is 5.75. The van der Waals surface area contributed by atoms with Gasteiger partial charge in [-0.2, -0.15) is 0 Å². The number of methoxy groups -OCH3 is 1. The van der Waals surface area contributed by atoms with E-state index in [9.17, 15) is 9.59 Å². The molecule has 33 heavy (non-hydrogen) atoms. The van der Waals surface area contributed by atoms with Gasteiger partial charge in [0, 0.05) is 10.6 Å². The number of nitrogens with zero attached hydrogens (tertiary/aromatic N) is 2. The highest BCUT2D eigenvalue weighted by atomic mass is 32.2. The van der Waals surface area contributed by atoms with Gasteiger partial charge >= 0.3 is 0 Å². The van der Waals surface area contributed by atoms with Crippen molar-refractivity contribution in [2.24, 2.45) is 0 Å². The Balaban J connectivity index is 1.43. The number of thiophene rings is 1. The standard InChI is InChI=1S/C24H23N3O4S2/c1-30-16-10-8-15(9-11-16)25-20(28)14-32-24-26-22-21(18-6-2-3-7-19(18)33-22)23(29)27(24)13-17-5-4-12-31-17/h4-5,8-12H,2-3,6-7,13-14H2,1H3,(H,25,28). The summed E-state index contributed by atoms with van der Waals surface area (Å²) in [7, 11) is 1.60. The van der Waals surface area contributed by atoms with E-state index in [1.807, 2.05) is 6.07 Å². The van der Waals surface area contributed by atoms with Crippen LogP contribution in [0.3, 0.4) is 0 Å². The molecule has 3 aromatic heterocycles. The highest BCUT2D eigenvalue weighted by molar-refractivity contribution is 7.99.